The van der Waals surface area contributed by atoms with E-state index in [-0.39, 0.29) is 30.2 Å². The number of anilines is 3. The average molecular weight is 1300 g/mol. The van der Waals surface area contributed by atoms with E-state index in [1.807, 2.05) is 41.0 Å². The fourth-order valence-electron chi connectivity index (χ4n) is 14.2. The number of para-hydroxylation sites is 3. The zero-order valence-corrected chi connectivity index (χ0v) is 54.0. The molecule has 0 amide bonds. The van der Waals surface area contributed by atoms with E-state index in [0.29, 0.717) is 58.4 Å². The van der Waals surface area contributed by atoms with E-state index in [1.54, 1.807) is 12.1 Å². The Kier molecular flexibility index (Phi) is 14.1. The van der Waals surface area contributed by atoms with Crippen LogP contribution in [0, 0.1) is 17.8 Å². The number of nitrogens with zero attached hydrogens (tertiary/aromatic N) is 11. The van der Waals surface area contributed by atoms with Crippen LogP contribution in [0.5, 0.6) is 0 Å². The lowest BCUT2D eigenvalue weighted by Gasteiger charge is -2.29. The van der Waals surface area contributed by atoms with E-state index in [0.717, 1.165) is 118 Å². The Balaban J connectivity index is 0.000000112. The van der Waals surface area contributed by atoms with Gasteiger partial charge in [-0.3, -0.25) is 8.61 Å². The summed E-state index contributed by atoms with van der Waals surface area (Å²) in [5.41, 5.74) is 13.7. The normalized spacial score (nSPS) is 16.0. The van der Waals surface area contributed by atoms with Crippen LogP contribution in [0.4, 0.5) is 17.1 Å². The smallest absolute Gasteiger partial charge is 0.338 e. The molecule has 6 aliphatic rings. The van der Waals surface area contributed by atoms with Crippen molar-refractivity contribution in [3.05, 3.63) is 144 Å². The molecular weight excluding hydrogens is 1230 g/mol. The first kappa shape index (κ1) is 59.1. The highest BCUT2D eigenvalue weighted by atomic mass is 32.2. The lowest BCUT2D eigenvalue weighted by Crippen LogP contribution is -2.36. The molecule has 2 N–H and O–H groups in total. The summed E-state index contributed by atoms with van der Waals surface area (Å²) >= 11 is 0. The highest BCUT2D eigenvalue weighted by molar-refractivity contribution is 7.92. The van der Waals surface area contributed by atoms with Crippen LogP contribution in [-0.2, 0) is 68.8 Å². The summed E-state index contributed by atoms with van der Waals surface area (Å²) in [5.74, 6) is 2.63. The molecule has 22 nitrogen and oxygen atoms in total. The number of rotatable bonds is 14. The van der Waals surface area contributed by atoms with Gasteiger partial charge >= 0.3 is 17.9 Å². The summed E-state index contributed by atoms with van der Waals surface area (Å²) in [6.45, 7) is 5.97. The second-order valence-electron chi connectivity index (χ2n) is 25.7. The van der Waals surface area contributed by atoms with Crippen LogP contribution >= 0.6 is 0 Å². The maximum absolute atomic E-state index is 12.5. The number of carboxylic acid groups (broad SMARTS) is 1. The van der Waals surface area contributed by atoms with Crippen molar-refractivity contribution in [1.82, 2.24) is 42.4 Å². The van der Waals surface area contributed by atoms with Gasteiger partial charge in [-0.05, 0) is 129 Å². The first-order valence-corrected chi connectivity index (χ1v) is 35.6. The number of aromatic nitrogens is 9. The molecule has 3 saturated carbocycles. The summed E-state index contributed by atoms with van der Waals surface area (Å²) < 4.78 is 75.9. The van der Waals surface area contributed by atoms with Crippen LogP contribution in [0.25, 0.3) is 100 Å². The van der Waals surface area contributed by atoms with Gasteiger partial charge in [-0.25, -0.2) is 46.2 Å². The summed E-state index contributed by atoms with van der Waals surface area (Å²) in [6.07, 6.45) is 9.85. The number of ether oxygens (including phenoxy) is 2. The predicted octanol–water partition coefficient (Wildman–Crippen LogP) is 11.5. The van der Waals surface area contributed by atoms with Gasteiger partial charge in [0.1, 0.15) is 0 Å². The zero-order valence-electron chi connectivity index (χ0n) is 52.3. The minimum absolute atomic E-state index is 0.0257. The Morgan fingerprint density at radius 3 is 1.22 bits per heavy atom. The standard InChI is InChI=1S/C24H24N4O4S.C23H22N4O4S.C23H22N4O2/c1-32-24(29)17-11-18-22-20(13-17)28(33(2,30)31)10-9-26(22)23(25-18)21-12-16-5-3-4-6-19(16)27(21)14-15-7-8-15;1-32(30,31)27-9-8-25-21-17(10-16(23(28)29)12-19(21)27)24-22(25)20-11-15-4-2-3-5-18(15)26(20)13-14-6-7-14;1-29-23(28)16-10-17-21-18(11-16)25-22(26(21)9-8-24-17)20-12-15-4-2-3-5-19(15)27(20)13-14-6-7-14/h3-6,11-13,15H,7-10,14H2,1-2H3;2-5,10-12,14H,6-9,13H2,1H3,(H,28,29);2-5,10-12,14,24H,6-9,13H2,1H3. The van der Waals surface area contributed by atoms with Crippen molar-refractivity contribution < 1.29 is 45.8 Å². The second kappa shape index (κ2) is 22.4. The van der Waals surface area contributed by atoms with E-state index in [2.05, 4.69) is 94.9 Å². The minimum atomic E-state index is -3.55. The van der Waals surface area contributed by atoms with Gasteiger partial charge in [-0.2, -0.15) is 0 Å². The van der Waals surface area contributed by atoms with E-state index in [4.69, 9.17) is 24.4 Å². The highest BCUT2D eigenvalue weighted by Crippen LogP contribution is 2.44. The molecule has 94 heavy (non-hydrogen) atoms. The maximum atomic E-state index is 12.5. The number of esters is 2. The number of imidazole rings is 3. The van der Waals surface area contributed by atoms with Gasteiger partial charge in [-0.15, -0.1) is 0 Å². The van der Waals surface area contributed by atoms with Gasteiger partial charge in [0.25, 0.3) is 0 Å². The fraction of sp³-hybridized carbons (Fsp3) is 0.314. The minimum Gasteiger partial charge on any atom is -0.478 e. The number of benzene rings is 6. The topological polar surface area (TPSA) is 245 Å². The molecule has 3 aliphatic heterocycles. The van der Waals surface area contributed by atoms with Crippen molar-refractivity contribution in [2.45, 2.75) is 77.8 Å². The lowest BCUT2D eigenvalue weighted by molar-refractivity contribution is 0.0592. The molecule has 480 valence electrons. The monoisotopic (exact) mass is 1300 g/mol. The van der Waals surface area contributed by atoms with E-state index in [9.17, 15) is 36.3 Å². The number of hydrogen-bond donors (Lipinski definition) is 2. The van der Waals surface area contributed by atoms with Crippen molar-refractivity contribution in [2.75, 3.05) is 60.3 Å². The van der Waals surface area contributed by atoms with Crippen molar-refractivity contribution in [2.24, 2.45) is 17.8 Å². The average Bonchev–Trinajstić information content (AvgIpc) is 1.56. The number of carboxylic acids is 1. The van der Waals surface area contributed by atoms with Gasteiger partial charge in [-0.1, -0.05) is 54.6 Å². The Bertz CT molecular complexity index is 5410. The molecule has 12 aromatic rings. The lowest BCUT2D eigenvalue weighted by atomic mass is 10.1. The zero-order chi connectivity index (χ0) is 64.6. The summed E-state index contributed by atoms with van der Waals surface area (Å²) in [6, 6.07) is 41.6. The SMILES string of the molecule is COC(=O)c1cc2c3c(c1)nc(-c1cc4ccccc4n1CC1CC1)n3CCN2.COC(=O)c1cc2c3c(c1)nc(-c1cc4ccccc4n1CC1CC1)n3CCN2S(C)(=O)=O.CS(=O)(=O)N1CCn2c(-c3cc4ccccc4n3CC3CC3)nc3cc(C(=O)O)cc1c32. The predicted molar refractivity (Wildman–Crippen MR) is 363 cm³/mol. The molecule has 24 heteroatoms. The Morgan fingerprint density at radius 1 is 0.479 bits per heavy atom. The number of methoxy groups -OCH3 is 2. The Labute approximate surface area is 540 Å². The molecule has 0 unspecified atom stereocenters. The highest BCUT2D eigenvalue weighted by Gasteiger charge is 2.35. The molecule has 9 heterocycles. The van der Waals surface area contributed by atoms with Crippen LogP contribution in [0.3, 0.4) is 0 Å². The third kappa shape index (κ3) is 10.4. The van der Waals surface area contributed by atoms with Crippen molar-refractivity contribution >= 4 is 121 Å². The third-order valence-corrected chi connectivity index (χ3v) is 21.5. The molecule has 6 aromatic carbocycles. The quantitative estimate of drug-likeness (QED) is 0.0962. The maximum Gasteiger partial charge on any atom is 0.338 e. The first-order valence-electron chi connectivity index (χ1n) is 31.9. The Morgan fingerprint density at radius 2 is 0.840 bits per heavy atom. The molecule has 6 aromatic heterocycles. The van der Waals surface area contributed by atoms with Crippen LogP contribution in [0.2, 0.25) is 0 Å². The number of carbonyl (C=O) groups excluding carboxylic acids is 2. The van der Waals surface area contributed by atoms with Crippen LogP contribution in [0.15, 0.2) is 127 Å². The van der Waals surface area contributed by atoms with Crippen LogP contribution in [-0.4, -0.2) is 129 Å². The molecule has 3 fully saturated rings. The second-order valence-corrected chi connectivity index (χ2v) is 29.5. The van der Waals surface area contributed by atoms with Crippen molar-refractivity contribution in [3.63, 3.8) is 0 Å². The van der Waals surface area contributed by atoms with Crippen LogP contribution < -0.4 is 13.9 Å². The molecule has 18 rings (SSSR count). The first-order chi connectivity index (χ1) is 45.4. The van der Waals surface area contributed by atoms with E-state index < -0.39 is 32.0 Å². The summed E-state index contributed by atoms with van der Waals surface area (Å²) in [4.78, 5) is 51.0. The number of sulfonamides is 2. The fourth-order valence-corrected chi connectivity index (χ4v) is 16.0. The summed E-state index contributed by atoms with van der Waals surface area (Å²) in [7, 11) is -4.36. The molecule has 0 saturated heterocycles. The number of hydrogen-bond acceptors (Lipinski definition) is 13. The van der Waals surface area contributed by atoms with Crippen molar-refractivity contribution in [1.29, 1.82) is 0 Å². The van der Waals surface area contributed by atoms with Crippen LogP contribution in [0.1, 0.15) is 69.6 Å². The van der Waals surface area contributed by atoms with E-state index >= 15 is 0 Å². The van der Waals surface area contributed by atoms with Gasteiger partial charge < -0.3 is 47.3 Å². The number of nitrogens with one attached hydrogen (secondary N) is 1. The molecular formula is C70H68N12O10S2. The van der Waals surface area contributed by atoms with Gasteiger partial charge in [0.15, 0.2) is 17.5 Å². The summed E-state index contributed by atoms with van der Waals surface area (Å²) in [5, 5.41) is 16.5. The molecule has 0 radical (unpaired) electrons. The van der Waals surface area contributed by atoms with Gasteiger partial charge in [0, 0.05) is 78.5 Å². The van der Waals surface area contributed by atoms with E-state index in [1.165, 1.54) is 96.2 Å². The number of fused-ring (bicyclic) bond motifs is 3. The molecule has 0 atom stereocenters. The van der Waals surface area contributed by atoms with Gasteiger partial charge in [0.2, 0.25) is 20.0 Å². The number of carbonyl (C=O) groups is 3. The molecule has 3 aliphatic carbocycles. The molecule has 0 spiro atoms. The largest absolute Gasteiger partial charge is 0.478 e. The van der Waals surface area contributed by atoms with Crippen molar-refractivity contribution in [3.8, 4) is 34.6 Å². The third-order valence-electron chi connectivity index (χ3n) is 19.1. The molecule has 0 bridgehead atoms. The van der Waals surface area contributed by atoms with Gasteiger partial charge in [0.05, 0.1) is 124 Å². The Hall–Kier alpha value is -9.94. The number of aromatic carboxylic acids is 1.